The van der Waals surface area contributed by atoms with Crippen molar-refractivity contribution in [1.29, 1.82) is 0 Å². The van der Waals surface area contributed by atoms with Crippen molar-refractivity contribution in [3.8, 4) is 0 Å². The molecule has 2 rings (SSSR count). The van der Waals surface area contributed by atoms with Crippen LogP contribution >= 0.6 is 23.1 Å². The Labute approximate surface area is 187 Å². The highest BCUT2D eigenvalue weighted by molar-refractivity contribution is 8.02. The summed E-state index contributed by atoms with van der Waals surface area (Å²) in [4.78, 5) is 27.2. The fourth-order valence-corrected chi connectivity index (χ4v) is 4.80. The molecule has 0 saturated heterocycles. The Hall–Kier alpha value is -1.71. The van der Waals surface area contributed by atoms with Gasteiger partial charge in [-0.1, -0.05) is 25.6 Å². The third-order valence-corrected chi connectivity index (χ3v) is 6.65. The fourth-order valence-electron chi connectivity index (χ4n) is 2.57. The zero-order chi connectivity index (χ0) is 22.0. The van der Waals surface area contributed by atoms with Gasteiger partial charge in [-0.3, -0.25) is 4.79 Å². The van der Waals surface area contributed by atoms with Crippen molar-refractivity contribution in [2.24, 2.45) is 0 Å². The molecule has 0 aliphatic heterocycles. The molecule has 1 N–H and O–H groups in total. The van der Waals surface area contributed by atoms with E-state index in [1.54, 1.807) is 13.8 Å². The zero-order valence-electron chi connectivity index (χ0n) is 18.3. The van der Waals surface area contributed by atoms with E-state index in [9.17, 15) is 9.90 Å². The number of hydrogen-bond donors (Lipinski definition) is 1. The van der Waals surface area contributed by atoms with E-state index in [0.29, 0.717) is 0 Å². The smallest absolute Gasteiger partial charge is 0.319 e. The number of aliphatic carboxylic acids is 1. The van der Waals surface area contributed by atoms with Crippen molar-refractivity contribution in [1.82, 2.24) is 15.0 Å². The highest BCUT2D eigenvalue weighted by Crippen LogP contribution is 2.34. The van der Waals surface area contributed by atoms with Crippen molar-refractivity contribution in [3.63, 3.8) is 0 Å². The van der Waals surface area contributed by atoms with Crippen LogP contribution in [0.3, 0.4) is 0 Å². The molecule has 0 saturated carbocycles. The first kappa shape index (κ1) is 24.6. The summed E-state index contributed by atoms with van der Waals surface area (Å²) in [7, 11) is 0. The van der Waals surface area contributed by atoms with Crippen molar-refractivity contribution >= 4 is 35.0 Å². The molecular weight excluding hydrogens is 420 g/mol. The van der Waals surface area contributed by atoms with Gasteiger partial charge in [0.2, 0.25) is 5.95 Å². The van der Waals surface area contributed by atoms with E-state index < -0.39 is 10.7 Å². The van der Waals surface area contributed by atoms with Crippen LogP contribution in [0, 0.1) is 0 Å². The number of thiazole rings is 1. The Morgan fingerprint density at radius 1 is 1.23 bits per heavy atom. The number of anilines is 1. The summed E-state index contributed by atoms with van der Waals surface area (Å²) in [5.74, 6) is -0.118. The second-order valence-corrected chi connectivity index (χ2v) is 10.2. The Morgan fingerprint density at radius 2 is 1.97 bits per heavy atom. The minimum absolute atomic E-state index is 0.721. The molecule has 0 fully saturated rings. The van der Waals surface area contributed by atoms with E-state index >= 15 is 0 Å². The maximum Gasteiger partial charge on any atom is 0.319 e. The molecule has 2 aromatic rings. The Morgan fingerprint density at radius 3 is 2.60 bits per heavy atom. The SMILES string of the molecule is CCCOCCCN(CCc1csc(SC(C)(C)C(=O)O)n1)c1ncc(CC)cn1. The number of carboxylic acid groups (broad SMARTS) is 1. The van der Waals surface area contributed by atoms with Crippen LogP contribution in [0.15, 0.2) is 22.1 Å². The van der Waals surface area contributed by atoms with Gasteiger partial charge < -0.3 is 14.7 Å². The highest BCUT2D eigenvalue weighted by Gasteiger charge is 2.29. The predicted octanol–water partition coefficient (Wildman–Crippen LogP) is 4.32. The van der Waals surface area contributed by atoms with Gasteiger partial charge in [0.15, 0.2) is 4.34 Å². The quantitative estimate of drug-likeness (QED) is 0.335. The molecule has 0 amide bonds. The van der Waals surface area contributed by atoms with E-state index in [0.717, 1.165) is 73.5 Å². The van der Waals surface area contributed by atoms with Crippen LogP contribution in [0.4, 0.5) is 5.95 Å². The summed E-state index contributed by atoms with van der Waals surface area (Å²) in [5.41, 5.74) is 2.08. The lowest BCUT2D eigenvalue weighted by atomic mass is 10.2. The minimum Gasteiger partial charge on any atom is -0.480 e. The number of nitrogens with zero attached hydrogens (tertiary/aromatic N) is 4. The molecule has 0 radical (unpaired) electrons. The zero-order valence-corrected chi connectivity index (χ0v) is 19.9. The molecule has 0 unspecified atom stereocenters. The molecule has 0 spiro atoms. The lowest BCUT2D eigenvalue weighted by molar-refractivity contribution is -0.138. The van der Waals surface area contributed by atoms with E-state index in [4.69, 9.17) is 4.74 Å². The number of aryl methyl sites for hydroxylation is 1. The van der Waals surface area contributed by atoms with Crippen molar-refractivity contribution in [3.05, 3.63) is 29.0 Å². The van der Waals surface area contributed by atoms with Crippen molar-refractivity contribution in [2.75, 3.05) is 31.2 Å². The van der Waals surface area contributed by atoms with Crippen LogP contribution in [0.25, 0.3) is 0 Å². The van der Waals surface area contributed by atoms with E-state index in [1.807, 2.05) is 17.8 Å². The molecule has 2 aromatic heterocycles. The van der Waals surface area contributed by atoms with Gasteiger partial charge in [-0.15, -0.1) is 11.3 Å². The molecule has 2 heterocycles. The normalized spacial score (nSPS) is 11.6. The lowest BCUT2D eigenvalue weighted by Gasteiger charge is -2.22. The molecule has 0 atom stereocenters. The fraction of sp³-hybridized carbons (Fsp3) is 0.619. The maximum atomic E-state index is 11.3. The molecule has 7 nitrogen and oxygen atoms in total. The van der Waals surface area contributed by atoms with E-state index in [1.165, 1.54) is 23.1 Å². The van der Waals surface area contributed by atoms with Gasteiger partial charge in [0.25, 0.3) is 0 Å². The summed E-state index contributed by atoms with van der Waals surface area (Å²) >= 11 is 2.78. The molecule has 166 valence electrons. The first-order chi connectivity index (χ1) is 14.4. The molecule has 0 aromatic carbocycles. The van der Waals surface area contributed by atoms with Crippen LogP contribution in [0.5, 0.6) is 0 Å². The molecular formula is C21H32N4O3S2. The second-order valence-electron chi connectivity index (χ2n) is 7.47. The van der Waals surface area contributed by atoms with Crippen molar-refractivity contribution in [2.45, 2.75) is 62.5 Å². The Kier molecular flexibility index (Phi) is 10.0. The largest absolute Gasteiger partial charge is 0.480 e. The monoisotopic (exact) mass is 452 g/mol. The third kappa shape index (κ3) is 7.85. The van der Waals surface area contributed by atoms with Crippen LogP contribution in [0.1, 0.15) is 51.8 Å². The number of ether oxygens (including phenoxy) is 1. The molecule has 0 bridgehead atoms. The number of carbonyl (C=O) groups is 1. The first-order valence-corrected chi connectivity index (χ1v) is 12.1. The van der Waals surface area contributed by atoms with Gasteiger partial charge in [-0.05, 0) is 38.7 Å². The Bertz CT molecular complexity index is 781. The average Bonchev–Trinajstić information content (AvgIpc) is 3.16. The van der Waals surface area contributed by atoms with Gasteiger partial charge in [0, 0.05) is 50.5 Å². The van der Waals surface area contributed by atoms with Crippen LogP contribution in [-0.2, 0) is 22.4 Å². The highest BCUT2D eigenvalue weighted by atomic mass is 32.2. The third-order valence-electron chi connectivity index (χ3n) is 4.47. The summed E-state index contributed by atoms with van der Waals surface area (Å²) in [6, 6.07) is 0. The first-order valence-electron chi connectivity index (χ1n) is 10.4. The van der Waals surface area contributed by atoms with Gasteiger partial charge >= 0.3 is 5.97 Å². The minimum atomic E-state index is -0.894. The van der Waals surface area contributed by atoms with Crippen LogP contribution in [-0.4, -0.2) is 57.1 Å². The number of carboxylic acids is 1. The summed E-state index contributed by atoms with van der Waals surface area (Å²) in [5, 5.41) is 11.3. The number of thioether (sulfide) groups is 1. The number of hydrogen-bond acceptors (Lipinski definition) is 8. The predicted molar refractivity (Wildman–Crippen MR) is 123 cm³/mol. The standard InChI is InChI=1S/C21H32N4O3S2/c1-5-11-28-12-7-9-25(19-22-13-16(6-2)14-23-19)10-8-17-15-29-20(24-17)30-21(3,4)18(26)27/h13-15H,5-12H2,1-4H3,(H,26,27). The second kappa shape index (κ2) is 12.2. The van der Waals surface area contributed by atoms with Gasteiger partial charge in [0.1, 0.15) is 4.75 Å². The van der Waals surface area contributed by atoms with E-state index in [2.05, 4.69) is 33.7 Å². The number of rotatable bonds is 14. The van der Waals surface area contributed by atoms with Gasteiger partial charge in [-0.2, -0.15) is 0 Å². The Balaban J connectivity index is 1.98. The lowest BCUT2D eigenvalue weighted by Crippen LogP contribution is -2.29. The molecule has 9 heteroatoms. The summed E-state index contributed by atoms with van der Waals surface area (Å²) in [6.45, 7) is 10.6. The average molecular weight is 453 g/mol. The van der Waals surface area contributed by atoms with Gasteiger partial charge in [-0.25, -0.2) is 15.0 Å². The van der Waals surface area contributed by atoms with Crippen LogP contribution < -0.4 is 4.90 Å². The summed E-state index contributed by atoms with van der Waals surface area (Å²) < 4.78 is 5.49. The maximum absolute atomic E-state index is 11.3. The molecule has 30 heavy (non-hydrogen) atoms. The van der Waals surface area contributed by atoms with Crippen molar-refractivity contribution < 1.29 is 14.6 Å². The molecule has 0 aliphatic rings. The topological polar surface area (TPSA) is 88.4 Å². The molecule has 0 aliphatic carbocycles. The van der Waals surface area contributed by atoms with Gasteiger partial charge in [0.05, 0.1) is 5.69 Å². The van der Waals surface area contributed by atoms with E-state index in [-0.39, 0.29) is 0 Å². The summed E-state index contributed by atoms with van der Waals surface area (Å²) in [6.07, 6.45) is 7.36. The van der Waals surface area contributed by atoms with Crippen LogP contribution in [0.2, 0.25) is 0 Å². The number of aromatic nitrogens is 3.